The van der Waals surface area contributed by atoms with E-state index in [0.717, 1.165) is 19.5 Å². The molecule has 1 unspecified atom stereocenters. The molecule has 0 radical (unpaired) electrons. The molecule has 1 aliphatic carbocycles. The third-order valence-corrected chi connectivity index (χ3v) is 4.07. The minimum absolute atomic E-state index is 0.0818. The second-order valence-electron chi connectivity index (χ2n) is 6.37. The molecule has 0 spiro atoms. The maximum atomic E-state index is 12.0. The average Bonchev–Trinajstić information content (AvgIpc) is 3.25. The zero-order chi connectivity index (χ0) is 15.7. The van der Waals surface area contributed by atoms with Crippen molar-refractivity contribution >= 4 is 5.97 Å². The SMILES string of the molecule is CCCCCN(CCC(NC1CC1)C(=O)OCC)C(C)C. The second kappa shape index (κ2) is 10.2. The largest absolute Gasteiger partial charge is 0.465 e. The highest BCUT2D eigenvalue weighted by Gasteiger charge is 2.29. The van der Waals surface area contributed by atoms with Crippen LogP contribution in [0.5, 0.6) is 0 Å². The summed E-state index contributed by atoms with van der Waals surface area (Å²) in [4.78, 5) is 14.5. The van der Waals surface area contributed by atoms with E-state index in [-0.39, 0.29) is 12.0 Å². The summed E-state index contributed by atoms with van der Waals surface area (Å²) in [5.41, 5.74) is 0. The predicted octanol–water partition coefficient (Wildman–Crippen LogP) is 2.96. The van der Waals surface area contributed by atoms with Crippen molar-refractivity contribution in [3.8, 4) is 0 Å². The number of hydrogen-bond acceptors (Lipinski definition) is 4. The molecule has 0 heterocycles. The lowest BCUT2D eigenvalue weighted by molar-refractivity contribution is -0.146. The molecule has 0 amide bonds. The molecule has 1 atom stereocenters. The molecule has 1 N–H and O–H groups in total. The van der Waals surface area contributed by atoms with Gasteiger partial charge in [0.05, 0.1) is 6.61 Å². The number of esters is 1. The molecule has 0 saturated heterocycles. The molecule has 1 aliphatic rings. The van der Waals surface area contributed by atoms with Gasteiger partial charge in [-0.05, 0) is 53.0 Å². The van der Waals surface area contributed by atoms with Gasteiger partial charge in [0.15, 0.2) is 0 Å². The molecule has 4 nitrogen and oxygen atoms in total. The molecule has 0 aliphatic heterocycles. The van der Waals surface area contributed by atoms with Crippen molar-refractivity contribution in [1.82, 2.24) is 10.2 Å². The number of hydrogen-bond donors (Lipinski definition) is 1. The second-order valence-corrected chi connectivity index (χ2v) is 6.37. The highest BCUT2D eigenvalue weighted by Crippen LogP contribution is 2.20. The summed E-state index contributed by atoms with van der Waals surface area (Å²) in [6.07, 6.45) is 7.01. The summed E-state index contributed by atoms with van der Waals surface area (Å²) in [7, 11) is 0. The van der Waals surface area contributed by atoms with Crippen molar-refractivity contribution in [2.45, 2.75) is 84.3 Å². The van der Waals surface area contributed by atoms with E-state index < -0.39 is 0 Å². The number of nitrogens with zero attached hydrogens (tertiary/aromatic N) is 1. The Morgan fingerprint density at radius 1 is 1.24 bits per heavy atom. The standard InChI is InChI=1S/C17H34N2O2/c1-5-7-8-12-19(14(3)4)13-11-16(17(20)21-6-2)18-15-9-10-15/h14-16,18H,5-13H2,1-4H3. The van der Waals surface area contributed by atoms with Crippen molar-refractivity contribution in [1.29, 1.82) is 0 Å². The van der Waals surface area contributed by atoms with Crippen LogP contribution in [0.3, 0.4) is 0 Å². The fourth-order valence-corrected chi connectivity index (χ4v) is 2.53. The fourth-order valence-electron chi connectivity index (χ4n) is 2.53. The van der Waals surface area contributed by atoms with Gasteiger partial charge in [0.2, 0.25) is 0 Å². The fraction of sp³-hybridized carbons (Fsp3) is 0.941. The first-order chi connectivity index (χ1) is 10.1. The molecular formula is C17H34N2O2. The summed E-state index contributed by atoms with van der Waals surface area (Å²) in [6.45, 7) is 11.1. The molecule has 0 aromatic carbocycles. The van der Waals surface area contributed by atoms with Gasteiger partial charge in [-0.3, -0.25) is 4.79 Å². The summed E-state index contributed by atoms with van der Waals surface area (Å²) >= 11 is 0. The van der Waals surface area contributed by atoms with Gasteiger partial charge in [-0.15, -0.1) is 0 Å². The molecule has 124 valence electrons. The van der Waals surface area contributed by atoms with E-state index in [1.807, 2.05) is 6.92 Å². The highest BCUT2D eigenvalue weighted by molar-refractivity contribution is 5.75. The normalized spacial score (nSPS) is 16.5. The minimum Gasteiger partial charge on any atom is -0.465 e. The Hall–Kier alpha value is -0.610. The maximum absolute atomic E-state index is 12.0. The zero-order valence-corrected chi connectivity index (χ0v) is 14.4. The van der Waals surface area contributed by atoms with E-state index in [4.69, 9.17) is 4.74 Å². The summed E-state index contributed by atoms with van der Waals surface area (Å²) < 4.78 is 5.20. The Balaban J connectivity index is 2.41. The molecule has 0 aromatic rings. The molecule has 0 aromatic heterocycles. The summed E-state index contributed by atoms with van der Waals surface area (Å²) in [6, 6.07) is 0.933. The smallest absolute Gasteiger partial charge is 0.323 e. The molecule has 0 bridgehead atoms. The Morgan fingerprint density at radius 3 is 2.48 bits per heavy atom. The zero-order valence-electron chi connectivity index (χ0n) is 14.4. The van der Waals surface area contributed by atoms with Gasteiger partial charge in [-0.1, -0.05) is 19.8 Å². The van der Waals surface area contributed by atoms with Gasteiger partial charge < -0.3 is 15.0 Å². The van der Waals surface area contributed by atoms with Gasteiger partial charge in [0.25, 0.3) is 0 Å². The van der Waals surface area contributed by atoms with Crippen LogP contribution in [0.2, 0.25) is 0 Å². The average molecular weight is 298 g/mol. The number of ether oxygens (including phenoxy) is 1. The lowest BCUT2D eigenvalue weighted by atomic mass is 10.1. The molecule has 1 rings (SSSR count). The predicted molar refractivity (Wildman–Crippen MR) is 87.4 cm³/mol. The van der Waals surface area contributed by atoms with Crippen LogP contribution >= 0.6 is 0 Å². The van der Waals surface area contributed by atoms with Gasteiger partial charge in [0, 0.05) is 18.6 Å². The van der Waals surface area contributed by atoms with Gasteiger partial charge in [-0.25, -0.2) is 0 Å². The summed E-state index contributed by atoms with van der Waals surface area (Å²) in [5, 5.41) is 3.44. The lowest BCUT2D eigenvalue weighted by Gasteiger charge is -2.28. The first kappa shape index (κ1) is 18.4. The number of rotatable bonds is 12. The Kier molecular flexibility index (Phi) is 8.93. The van der Waals surface area contributed by atoms with Crippen molar-refractivity contribution in [2.75, 3.05) is 19.7 Å². The maximum Gasteiger partial charge on any atom is 0.323 e. The van der Waals surface area contributed by atoms with Crippen molar-refractivity contribution in [3.63, 3.8) is 0 Å². The molecular weight excluding hydrogens is 264 g/mol. The van der Waals surface area contributed by atoms with E-state index in [2.05, 4.69) is 31.0 Å². The third-order valence-electron chi connectivity index (χ3n) is 4.07. The van der Waals surface area contributed by atoms with E-state index >= 15 is 0 Å². The van der Waals surface area contributed by atoms with Crippen LogP contribution in [-0.4, -0.2) is 48.7 Å². The lowest BCUT2D eigenvalue weighted by Crippen LogP contribution is -2.43. The van der Waals surface area contributed by atoms with Crippen molar-refractivity contribution < 1.29 is 9.53 Å². The van der Waals surface area contributed by atoms with Crippen LogP contribution in [-0.2, 0) is 9.53 Å². The molecule has 1 saturated carbocycles. The number of carbonyl (C=O) groups excluding carboxylic acids is 1. The van der Waals surface area contributed by atoms with Crippen LogP contribution in [0.25, 0.3) is 0 Å². The first-order valence-electron chi connectivity index (χ1n) is 8.75. The van der Waals surface area contributed by atoms with Crippen LogP contribution in [0, 0.1) is 0 Å². The van der Waals surface area contributed by atoms with E-state index in [1.54, 1.807) is 0 Å². The van der Waals surface area contributed by atoms with Gasteiger partial charge >= 0.3 is 5.97 Å². The topological polar surface area (TPSA) is 41.6 Å². The monoisotopic (exact) mass is 298 g/mol. The van der Waals surface area contributed by atoms with Crippen LogP contribution < -0.4 is 5.32 Å². The number of nitrogens with one attached hydrogen (secondary N) is 1. The molecule has 4 heteroatoms. The van der Waals surface area contributed by atoms with Crippen LogP contribution in [0.1, 0.15) is 66.2 Å². The Morgan fingerprint density at radius 2 is 1.95 bits per heavy atom. The molecule has 1 fully saturated rings. The quantitative estimate of drug-likeness (QED) is 0.444. The number of carbonyl (C=O) groups is 1. The van der Waals surface area contributed by atoms with E-state index in [1.165, 1.54) is 32.1 Å². The molecule has 21 heavy (non-hydrogen) atoms. The van der Waals surface area contributed by atoms with Crippen LogP contribution in [0.4, 0.5) is 0 Å². The van der Waals surface area contributed by atoms with Crippen molar-refractivity contribution in [3.05, 3.63) is 0 Å². The highest BCUT2D eigenvalue weighted by atomic mass is 16.5. The van der Waals surface area contributed by atoms with E-state index in [9.17, 15) is 4.79 Å². The van der Waals surface area contributed by atoms with Crippen LogP contribution in [0.15, 0.2) is 0 Å². The Bertz CT molecular complexity index is 291. The number of unbranched alkanes of at least 4 members (excludes halogenated alkanes) is 2. The Labute approximate surface area is 130 Å². The van der Waals surface area contributed by atoms with Gasteiger partial charge in [0.1, 0.15) is 6.04 Å². The first-order valence-corrected chi connectivity index (χ1v) is 8.75. The van der Waals surface area contributed by atoms with E-state index in [0.29, 0.717) is 18.7 Å². The summed E-state index contributed by atoms with van der Waals surface area (Å²) in [5.74, 6) is -0.0818. The van der Waals surface area contributed by atoms with Gasteiger partial charge in [-0.2, -0.15) is 0 Å². The third kappa shape index (κ3) is 7.82. The van der Waals surface area contributed by atoms with Crippen molar-refractivity contribution in [2.24, 2.45) is 0 Å². The minimum atomic E-state index is -0.134.